The zero-order valence-corrected chi connectivity index (χ0v) is 13.8. The number of hydrogen-bond acceptors (Lipinski definition) is 4. The van der Waals surface area contributed by atoms with Gasteiger partial charge in [0.2, 0.25) is 0 Å². The molecule has 23 heavy (non-hydrogen) atoms. The van der Waals surface area contributed by atoms with Gasteiger partial charge in [0, 0.05) is 23.4 Å². The highest BCUT2D eigenvalue weighted by atomic mass is 32.1. The largest absolute Gasteiger partial charge is 0.297 e. The van der Waals surface area contributed by atoms with Crippen molar-refractivity contribution in [2.75, 3.05) is 13.1 Å². The molecule has 0 spiro atoms. The molecule has 3 heterocycles. The molecular weight excluding hydrogens is 304 g/mol. The number of nitrogens with zero attached hydrogens (tertiary/aromatic N) is 3. The van der Waals surface area contributed by atoms with Crippen LogP contribution < -0.4 is 0 Å². The van der Waals surface area contributed by atoms with E-state index in [1.54, 1.807) is 11.3 Å². The van der Waals surface area contributed by atoms with Crippen LogP contribution in [0.5, 0.6) is 0 Å². The Morgan fingerprint density at radius 2 is 2.00 bits per heavy atom. The van der Waals surface area contributed by atoms with E-state index in [1.807, 2.05) is 17.8 Å². The molecule has 0 amide bonds. The summed E-state index contributed by atoms with van der Waals surface area (Å²) >= 11 is 1.70. The molecule has 4 rings (SSSR count). The van der Waals surface area contributed by atoms with E-state index < -0.39 is 0 Å². The fourth-order valence-electron chi connectivity index (χ4n) is 3.33. The minimum Gasteiger partial charge on any atom is -0.297 e. The molecule has 1 aliphatic heterocycles. The van der Waals surface area contributed by atoms with E-state index >= 15 is 0 Å². The lowest BCUT2D eigenvalue weighted by Gasteiger charge is -2.31. The Hall–Kier alpha value is -1.98. The third kappa shape index (κ3) is 3.21. The number of thiazole rings is 1. The Balaban J connectivity index is 1.42. The Kier molecular flexibility index (Phi) is 4.22. The van der Waals surface area contributed by atoms with Crippen LogP contribution in [0, 0.1) is 0 Å². The van der Waals surface area contributed by atoms with Gasteiger partial charge in [-0.15, -0.1) is 11.3 Å². The number of aromatic amines is 1. The average molecular weight is 324 g/mol. The summed E-state index contributed by atoms with van der Waals surface area (Å²) in [6, 6.07) is 10.5. The number of benzene rings is 1. The second-order valence-electron chi connectivity index (χ2n) is 6.09. The van der Waals surface area contributed by atoms with Crippen molar-refractivity contribution in [1.29, 1.82) is 0 Å². The van der Waals surface area contributed by atoms with Crippen LogP contribution in [0.4, 0.5) is 0 Å². The molecule has 1 saturated heterocycles. The number of likely N-dealkylation sites (tertiary alicyclic amines) is 1. The van der Waals surface area contributed by atoms with Gasteiger partial charge in [-0.25, -0.2) is 4.98 Å². The molecule has 0 unspecified atom stereocenters. The van der Waals surface area contributed by atoms with Gasteiger partial charge in [-0.05, 0) is 31.5 Å². The molecule has 1 aliphatic rings. The van der Waals surface area contributed by atoms with E-state index in [0.29, 0.717) is 5.92 Å². The number of piperidine rings is 1. The van der Waals surface area contributed by atoms with Gasteiger partial charge in [0.25, 0.3) is 0 Å². The number of hydrogen-bond donors (Lipinski definition) is 1. The summed E-state index contributed by atoms with van der Waals surface area (Å²) in [5.74, 6) is 0.632. The molecule has 0 atom stereocenters. The zero-order valence-electron chi connectivity index (χ0n) is 13.0. The van der Waals surface area contributed by atoms with E-state index in [-0.39, 0.29) is 0 Å². The summed E-state index contributed by atoms with van der Waals surface area (Å²) < 4.78 is 0. The van der Waals surface area contributed by atoms with Crippen LogP contribution in [-0.2, 0) is 6.54 Å². The van der Waals surface area contributed by atoms with Crippen molar-refractivity contribution in [3.8, 4) is 11.1 Å². The maximum absolute atomic E-state index is 4.48. The number of H-pyrrole nitrogens is 1. The van der Waals surface area contributed by atoms with Gasteiger partial charge in [-0.2, -0.15) is 5.10 Å². The Morgan fingerprint density at radius 1 is 1.17 bits per heavy atom. The molecule has 1 N–H and O–H groups in total. The van der Waals surface area contributed by atoms with E-state index in [9.17, 15) is 0 Å². The minimum atomic E-state index is 0.632. The fraction of sp³-hybridized carbons (Fsp3) is 0.333. The second kappa shape index (κ2) is 6.64. The summed E-state index contributed by atoms with van der Waals surface area (Å²) in [6.45, 7) is 3.18. The van der Waals surface area contributed by atoms with Crippen LogP contribution >= 0.6 is 11.3 Å². The fourth-order valence-corrected chi connectivity index (χ4v) is 3.97. The first-order chi connectivity index (χ1) is 11.4. The summed E-state index contributed by atoms with van der Waals surface area (Å²) in [7, 11) is 0. The predicted octanol–water partition coefficient (Wildman–Crippen LogP) is 3.91. The van der Waals surface area contributed by atoms with Crippen LogP contribution in [0.25, 0.3) is 11.1 Å². The van der Waals surface area contributed by atoms with E-state index in [4.69, 9.17) is 0 Å². The first kappa shape index (κ1) is 14.6. The molecule has 0 saturated carbocycles. The summed E-state index contributed by atoms with van der Waals surface area (Å²) in [5.41, 5.74) is 6.88. The molecule has 2 aromatic heterocycles. The van der Waals surface area contributed by atoms with E-state index in [1.165, 1.54) is 35.4 Å². The van der Waals surface area contributed by atoms with Crippen molar-refractivity contribution < 1.29 is 0 Å². The third-order valence-electron chi connectivity index (χ3n) is 4.64. The third-order valence-corrected chi connectivity index (χ3v) is 5.25. The van der Waals surface area contributed by atoms with Crippen LogP contribution in [0.1, 0.15) is 30.1 Å². The molecule has 0 radical (unpaired) electrons. The highest BCUT2D eigenvalue weighted by Crippen LogP contribution is 2.29. The highest BCUT2D eigenvalue weighted by molar-refractivity contribution is 7.07. The molecule has 0 bridgehead atoms. The van der Waals surface area contributed by atoms with E-state index in [0.717, 1.165) is 19.6 Å². The lowest BCUT2D eigenvalue weighted by Crippen LogP contribution is -2.32. The monoisotopic (exact) mass is 324 g/mol. The number of rotatable bonds is 4. The van der Waals surface area contributed by atoms with Gasteiger partial charge in [0.15, 0.2) is 0 Å². The van der Waals surface area contributed by atoms with Crippen LogP contribution in [0.3, 0.4) is 0 Å². The Morgan fingerprint density at radius 3 is 2.74 bits per heavy atom. The van der Waals surface area contributed by atoms with Gasteiger partial charge in [0.05, 0.1) is 23.1 Å². The van der Waals surface area contributed by atoms with Crippen LogP contribution in [-0.4, -0.2) is 33.2 Å². The Labute approximate surface area is 140 Å². The van der Waals surface area contributed by atoms with Crippen molar-refractivity contribution in [2.45, 2.75) is 25.3 Å². The van der Waals surface area contributed by atoms with Gasteiger partial charge in [0.1, 0.15) is 0 Å². The lowest BCUT2D eigenvalue weighted by molar-refractivity contribution is 0.201. The van der Waals surface area contributed by atoms with Crippen molar-refractivity contribution >= 4 is 11.3 Å². The molecule has 3 aromatic rings. The highest BCUT2D eigenvalue weighted by Gasteiger charge is 2.22. The molecule has 5 heteroatoms. The first-order valence-corrected chi connectivity index (χ1v) is 9.02. The molecule has 1 fully saturated rings. The first-order valence-electron chi connectivity index (χ1n) is 8.08. The maximum Gasteiger partial charge on any atom is 0.0794 e. The Bertz CT molecular complexity index is 727. The smallest absolute Gasteiger partial charge is 0.0794 e. The molecular formula is C18H20N4S. The van der Waals surface area contributed by atoms with Gasteiger partial charge >= 0.3 is 0 Å². The van der Waals surface area contributed by atoms with Crippen molar-refractivity contribution in [3.63, 3.8) is 0 Å². The zero-order chi connectivity index (χ0) is 15.5. The maximum atomic E-state index is 4.48. The topological polar surface area (TPSA) is 44.8 Å². The predicted molar refractivity (Wildman–Crippen MR) is 93.4 cm³/mol. The standard InChI is InChI=1S/C18H20N4S/c1-2-4-14(5-3-1)16-10-20-21-17(16)11-22-8-6-15(7-9-22)18-12-23-13-19-18/h1-5,10,12-13,15H,6-9,11H2,(H,20,21). The van der Waals surface area contributed by atoms with Crippen molar-refractivity contribution in [1.82, 2.24) is 20.1 Å². The quantitative estimate of drug-likeness (QED) is 0.791. The van der Waals surface area contributed by atoms with Crippen LogP contribution in [0.2, 0.25) is 0 Å². The van der Waals surface area contributed by atoms with Crippen LogP contribution in [0.15, 0.2) is 47.4 Å². The second-order valence-corrected chi connectivity index (χ2v) is 6.81. The summed E-state index contributed by atoms with van der Waals surface area (Å²) in [6.07, 6.45) is 4.32. The number of nitrogens with one attached hydrogen (secondary N) is 1. The van der Waals surface area contributed by atoms with E-state index in [2.05, 4.69) is 49.7 Å². The van der Waals surface area contributed by atoms with Gasteiger partial charge < -0.3 is 0 Å². The number of aromatic nitrogens is 3. The minimum absolute atomic E-state index is 0.632. The lowest BCUT2D eigenvalue weighted by atomic mass is 9.94. The molecule has 1 aromatic carbocycles. The summed E-state index contributed by atoms with van der Waals surface area (Å²) in [5, 5.41) is 9.64. The molecule has 4 nitrogen and oxygen atoms in total. The average Bonchev–Trinajstić information content (AvgIpc) is 3.28. The normalized spacial score (nSPS) is 16.7. The van der Waals surface area contributed by atoms with Gasteiger partial charge in [-0.1, -0.05) is 30.3 Å². The van der Waals surface area contributed by atoms with Crippen molar-refractivity contribution in [3.05, 3.63) is 58.8 Å². The SMILES string of the molecule is c1ccc(-c2cn[nH]c2CN2CCC(c3cscn3)CC2)cc1. The van der Waals surface area contributed by atoms with Crippen molar-refractivity contribution in [2.24, 2.45) is 0 Å². The van der Waals surface area contributed by atoms with Gasteiger partial charge in [-0.3, -0.25) is 10.00 Å². The summed E-state index contributed by atoms with van der Waals surface area (Å²) in [4.78, 5) is 6.99. The molecule has 0 aliphatic carbocycles. The molecule has 118 valence electrons.